The summed E-state index contributed by atoms with van der Waals surface area (Å²) in [4.78, 5) is 112. The number of aliphatic carboxylic acids is 2. The van der Waals surface area contributed by atoms with Crippen LogP contribution in [0.15, 0.2) is 84.0 Å². The second-order valence-electron chi connectivity index (χ2n) is 39.6. The number of likely N-dealkylation sites (N-methyl/N-ethyl adjacent to an activating group) is 2. The molecular formula is C99H134N10O26S4. The van der Waals surface area contributed by atoms with Gasteiger partial charge < -0.3 is 108 Å². The molecule has 4 aromatic carbocycles. The molecule has 1 aromatic heterocycles. The smallest absolute Gasteiger partial charge is 0.423 e. The van der Waals surface area contributed by atoms with Gasteiger partial charge in [-0.1, -0.05) is 132 Å². The number of aromatic nitrogens is 1. The largest absolute Gasteiger partial charge is 0.507 e. The Hall–Kier alpha value is -7.92. The number of hydrogen-bond donors (Lipinski definition) is 13. The first-order valence-corrected chi connectivity index (χ1v) is 53.4. The Bertz CT molecular complexity index is 5400. The highest BCUT2D eigenvalue weighted by molar-refractivity contribution is 8.77. The van der Waals surface area contributed by atoms with Crippen LogP contribution in [0.4, 0.5) is 10.5 Å². The van der Waals surface area contributed by atoms with Gasteiger partial charge in [0.1, 0.15) is 60.2 Å². The van der Waals surface area contributed by atoms with Crippen molar-refractivity contribution >= 4 is 107 Å². The topological polar surface area (TPSA) is 472 Å². The molecule has 5 aromatic rings. The number of carboxylic acid groups (broad SMARTS) is 2. The molecule has 3 aliphatic carbocycles. The molecule has 0 radical (unpaired) electrons. The normalized spacial score (nSPS) is 33.5. The van der Waals surface area contributed by atoms with Crippen molar-refractivity contribution in [3.8, 4) is 17.2 Å². The Morgan fingerprint density at radius 1 is 0.806 bits per heavy atom. The highest BCUT2D eigenvalue weighted by atomic mass is 33.1. The number of hydrazine groups is 1. The first-order valence-electron chi connectivity index (χ1n) is 48.4. The number of amides is 3. The van der Waals surface area contributed by atoms with E-state index in [1.165, 1.54) is 46.4 Å². The number of hydrazone groups is 1. The van der Waals surface area contributed by atoms with E-state index in [4.69, 9.17) is 52.2 Å². The van der Waals surface area contributed by atoms with Crippen LogP contribution in [0.2, 0.25) is 0 Å². The molecule has 760 valence electrons. The first kappa shape index (κ1) is 104. The van der Waals surface area contributed by atoms with Crippen molar-refractivity contribution in [3.05, 3.63) is 129 Å². The minimum atomic E-state index is -2.13. The van der Waals surface area contributed by atoms with Gasteiger partial charge in [0.05, 0.1) is 104 Å². The molecule has 25 atom stereocenters. The Labute approximate surface area is 824 Å². The fourth-order valence-electron chi connectivity index (χ4n) is 24.4. The van der Waals surface area contributed by atoms with Crippen molar-refractivity contribution in [1.29, 1.82) is 0 Å². The molecule has 9 heterocycles. The Kier molecular flexibility index (Phi) is 32.3. The van der Waals surface area contributed by atoms with Gasteiger partial charge in [0.25, 0.3) is 0 Å². The third kappa shape index (κ3) is 20.3. The molecule has 36 nitrogen and oxygen atoms in total. The van der Waals surface area contributed by atoms with Crippen molar-refractivity contribution < 1.29 is 127 Å². The number of aromatic amines is 1. The highest BCUT2D eigenvalue weighted by Gasteiger charge is 2.80. The van der Waals surface area contributed by atoms with Crippen molar-refractivity contribution in [3.63, 3.8) is 0 Å². The summed E-state index contributed by atoms with van der Waals surface area (Å²) in [7, 11) is 13.9. The zero-order valence-electron chi connectivity index (χ0n) is 80.8. The third-order valence-corrected chi connectivity index (χ3v) is 36.1. The standard InChI is InChI=1S/C99H134N10O26S4/c1-13-94(122)43-57-44-98(92(119)120,86-62(28-33-108(47-57)51-94)61-21-16-17-22-66(61)100-86)74-46-97-64-25-24-60(125-11)40-68(64)107(10)90(97)99(124,91(118)95(14-2)31-19-32-109(74)89(95)97)52-130-105-104-93(121)127-34-37-138-139-50-67(88(116)117)101-87(115)53(4)48-128-76(112)30-36-137-136-35-29-75(111)103-102-65-26-27-77(131-55(65)6)135-85-56(7)132-79(42-70(85)110)134-73-49-129-78(41-69(73)106(8)9)133-72-45-96(123,15-3)54(5)63-39-59-38-58-20-18-23-71(126-12)80(58)83(113)81(59)84(114)82(63)72/h16-25,31,39-40,53-57,67,69-70,72-74,77-79,85,89-91,100,105,110,114,118,122-124H,13-15,26-30,32-38,41-52H2,1-12H3,(H,101,115)(H,103,111)(H,104,121)(H,116,117)(H,119,120)/b102-65-/t53?,54-,55?,56?,57?,67?,69+,70?,72+,73+,74?,77+,78+,79+,85+,89+,90-,91-,94+,95-,96-,97-,98+,99+/m1/s1. The number of anilines is 1. The van der Waals surface area contributed by atoms with Crippen LogP contribution >= 0.6 is 43.2 Å². The lowest BCUT2D eigenvalue weighted by molar-refractivity contribution is -0.314. The van der Waals surface area contributed by atoms with E-state index in [9.17, 15) is 69.6 Å². The number of phenolic OH excluding ortho intramolecular Hbond substituents is 1. The number of esters is 1. The number of methoxy groups -OCH3 is 2. The molecular weight excluding hydrogens is 1870 g/mol. The fourth-order valence-corrected chi connectivity index (χ4v) is 28.4. The minimum Gasteiger partial charge on any atom is -0.507 e. The number of hydrogen-bond acceptors (Lipinski definition) is 34. The number of nitrogens with one attached hydrogen (secondary N) is 5. The van der Waals surface area contributed by atoms with Crippen LogP contribution in [0, 0.1) is 17.3 Å². The molecule has 5 saturated heterocycles. The Morgan fingerprint density at radius 3 is 2.31 bits per heavy atom. The number of nitrogens with zero attached hydrogens (tertiary/aromatic N) is 5. The summed E-state index contributed by atoms with van der Waals surface area (Å²) in [6, 6.07) is 17.3. The maximum Gasteiger partial charge on any atom is 0.423 e. The number of benzene rings is 4. The van der Waals surface area contributed by atoms with Gasteiger partial charge in [-0.05, 0) is 138 Å². The van der Waals surface area contributed by atoms with E-state index >= 15 is 4.79 Å². The number of carbonyl (C=O) groups is 7. The van der Waals surface area contributed by atoms with Gasteiger partial charge in [-0.2, -0.15) is 5.10 Å². The van der Waals surface area contributed by atoms with Gasteiger partial charge in [0.2, 0.25) is 17.6 Å². The summed E-state index contributed by atoms with van der Waals surface area (Å²) in [5.41, 5.74) is 7.06. The van der Waals surface area contributed by atoms with E-state index < -0.39 is 161 Å². The van der Waals surface area contributed by atoms with Gasteiger partial charge >= 0.3 is 24.0 Å². The summed E-state index contributed by atoms with van der Waals surface area (Å²) in [5, 5.41) is 106. The number of phenols is 1. The number of aromatic hydroxyl groups is 1. The van der Waals surface area contributed by atoms with Gasteiger partial charge in [0, 0.05) is 157 Å². The van der Waals surface area contributed by atoms with Crippen LogP contribution in [-0.2, 0) is 90.4 Å². The second-order valence-corrected chi connectivity index (χ2v) is 44.9. The van der Waals surface area contributed by atoms with Crippen LogP contribution < -0.4 is 36.1 Å². The van der Waals surface area contributed by atoms with Crippen molar-refractivity contribution in [2.24, 2.45) is 22.4 Å². The Balaban J connectivity index is 0.429. The summed E-state index contributed by atoms with van der Waals surface area (Å²) in [6.45, 7) is 14.1. The molecule has 1 saturated carbocycles. The zero-order chi connectivity index (χ0) is 99.1. The van der Waals surface area contributed by atoms with Crippen LogP contribution in [0.5, 0.6) is 17.2 Å². The number of aliphatic hydroxyl groups is 5. The molecule has 1 spiro atoms. The van der Waals surface area contributed by atoms with E-state index in [1.807, 2.05) is 131 Å². The maximum atomic E-state index is 15.3. The lowest BCUT2D eigenvalue weighted by atomic mass is 9.47. The lowest BCUT2D eigenvalue weighted by Crippen LogP contribution is -2.80. The summed E-state index contributed by atoms with van der Waals surface area (Å²) in [6.07, 6.45) is -0.395. The number of para-hydroxylation sites is 1. The minimum absolute atomic E-state index is 0.00704. The molecule has 6 fully saturated rings. The number of ketones is 1. The van der Waals surface area contributed by atoms with Crippen LogP contribution in [0.3, 0.4) is 0 Å². The lowest BCUT2D eigenvalue weighted by Gasteiger charge is -2.64. The van der Waals surface area contributed by atoms with Gasteiger partial charge in [-0.3, -0.25) is 38.6 Å². The highest BCUT2D eigenvalue weighted by Crippen LogP contribution is 2.70. The number of ether oxygens (including phenoxy) is 10. The predicted molar refractivity (Wildman–Crippen MR) is 522 cm³/mol. The van der Waals surface area contributed by atoms with Crippen LogP contribution in [0.1, 0.15) is 199 Å². The molecule has 40 heteroatoms. The predicted octanol–water partition coefficient (Wildman–Crippen LogP) is 8.83. The van der Waals surface area contributed by atoms with Gasteiger partial charge in [-0.15, -0.1) is 5.59 Å². The van der Waals surface area contributed by atoms with Gasteiger partial charge in [-0.25, -0.2) is 20.4 Å². The molecule has 3 amide bonds. The average Bonchev–Trinajstić information content (AvgIpc) is 1.47. The van der Waals surface area contributed by atoms with E-state index in [-0.39, 0.29) is 111 Å². The number of rotatable bonds is 37. The number of fused-ring (bicyclic) bond motifs is 9. The third-order valence-electron chi connectivity index (χ3n) is 31.3. The molecule has 8 aliphatic heterocycles. The monoisotopic (exact) mass is 2010 g/mol. The van der Waals surface area contributed by atoms with Crippen LogP contribution in [-0.4, -0.2) is 321 Å². The number of carbonyl (C=O) groups excluding carboxylic acids is 5. The van der Waals surface area contributed by atoms with E-state index in [0.717, 1.165) is 49.6 Å². The molecule has 8 unspecified atom stereocenters. The summed E-state index contributed by atoms with van der Waals surface area (Å²) >= 11 is 0. The van der Waals surface area contributed by atoms with E-state index in [1.54, 1.807) is 27.0 Å². The number of piperidine rings is 1. The van der Waals surface area contributed by atoms with Gasteiger partial charge in [0.15, 0.2) is 18.9 Å². The van der Waals surface area contributed by atoms with Crippen molar-refractivity contribution in [1.82, 2.24) is 41.4 Å². The molecule has 16 rings (SSSR count). The number of aliphatic hydroxyl groups excluding tert-OH is 2. The first-order chi connectivity index (χ1) is 66.5. The van der Waals surface area contributed by atoms with Crippen molar-refractivity contribution in [2.45, 2.75) is 270 Å². The fraction of sp³-hybridized carbons (Fsp3) is 0.636. The zero-order valence-corrected chi connectivity index (χ0v) is 84.1. The van der Waals surface area contributed by atoms with Crippen molar-refractivity contribution in [2.75, 3.05) is 116 Å². The molecule has 139 heavy (non-hydrogen) atoms. The maximum absolute atomic E-state index is 15.3. The summed E-state index contributed by atoms with van der Waals surface area (Å²) in [5.74, 6) is -3.95. The SMILES string of the molecule is CC[C@]1(O)CC2CN(CCc3c([nH]c4ccccc34)[C@@](C(=O)O)(C3C[C@]45c6ccc(OC)cc6N(C)[C@H]4[C@@](O)(CONNC(=O)OCCSSCC(NC(=O)C(C)COC(=O)CCSSCCC(=O)N/N=C4/CC[C@H](O[C@@H]6C(O)C[C@H](O[C@H]7CO[C@@H](O[C@H]8C[C@](O)(CC)[C@H](C)c9cc%10c(c(O)c98)C(=O)c8c(cccc8OC)C%10)C[C@@H]7N(C)C)OC6C)OC4C)C(=O)O)[C@H](O)[C@]4(CC)C=CCN3[C@@H]45)C2)C1. The van der Waals surface area contributed by atoms with E-state index in [0.29, 0.717) is 135 Å². The quantitative estimate of drug-likeness (QED) is 0.00569. The second kappa shape index (κ2) is 43.2. The Morgan fingerprint density at radius 2 is 1.58 bits per heavy atom. The average molecular weight is 2010 g/mol. The number of H-pyrrole nitrogens is 1. The molecule has 2 bridgehead atoms. The summed E-state index contributed by atoms with van der Waals surface area (Å²) < 4.78 is 60.8. The molecule has 13 N–H and O–H groups in total. The van der Waals surface area contributed by atoms with Crippen LogP contribution in [0.25, 0.3) is 10.9 Å². The molecule has 11 aliphatic rings. The van der Waals surface area contributed by atoms with E-state index in [2.05, 4.69) is 41.6 Å². The number of carboxylic acids is 2.